The second-order valence-corrected chi connectivity index (χ2v) is 5.12. The first-order chi connectivity index (χ1) is 8.83. The van der Waals surface area contributed by atoms with Crippen LogP contribution in [0.4, 0.5) is 4.39 Å². The molecule has 0 nitrogen and oxygen atoms in total. The minimum atomic E-state index is -0.196. The largest absolute Gasteiger partial charge is 0.207 e. The van der Waals surface area contributed by atoms with Crippen LogP contribution in [0, 0.1) is 5.82 Å². The minimum Gasteiger partial charge on any atom is -0.207 e. The van der Waals surface area contributed by atoms with E-state index in [0.29, 0.717) is 0 Å². The van der Waals surface area contributed by atoms with E-state index in [1.165, 1.54) is 22.6 Å². The van der Waals surface area contributed by atoms with E-state index in [2.05, 4.69) is 24.3 Å². The average molecular weight is 254 g/mol. The molecular weight excluding hydrogens is 243 g/mol. The third-order valence-corrected chi connectivity index (χ3v) is 3.98. The highest BCUT2D eigenvalue weighted by Crippen LogP contribution is 2.34. The molecule has 0 spiro atoms. The maximum absolute atomic E-state index is 12.9. The summed E-state index contributed by atoms with van der Waals surface area (Å²) in [6.45, 7) is 0. The van der Waals surface area contributed by atoms with Crippen molar-refractivity contribution in [2.24, 2.45) is 0 Å². The molecule has 3 aromatic rings. The fourth-order valence-electron chi connectivity index (χ4n) is 1.86. The van der Waals surface area contributed by atoms with Crippen LogP contribution < -0.4 is 0 Å². The minimum absolute atomic E-state index is 0.196. The van der Waals surface area contributed by atoms with E-state index in [1.807, 2.05) is 30.3 Å². The zero-order valence-corrected chi connectivity index (χ0v) is 10.5. The van der Waals surface area contributed by atoms with Crippen LogP contribution in [0.3, 0.4) is 0 Å². The van der Waals surface area contributed by atoms with Crippen molar-refractivity contribution in [1.82, 2.24) is 0 Å². The van der Waals surface area contributed by atoms with Gasteiger partial charge in [-0.2, -0.15) is 0 Å². The van der Waals surface area contributed by atoms with E-state index >= 15 is 0 Å². The number of thiophene rings is 1. The Kier molecular flexibility index (Phi) is 2.95. The van der Waals surface area contributed by atoms with Crippen LogP contribution in [-0.4, -0.2) is 0 Å². The van der Waals surface area contributed by atoms with Gasteiger partial charge in [-0.25, -0.2) is 4.39 Å². The van der Waals surface area contributed by atoms with Crippen LogP contribution in [0.15, 0.2) is 66.7 Å². The lowest BCUT2D eigenvalue weighted by Gasteiger charge is -1.97. The van der Waals surface area contributed by atoms with Gasteiger partial charge < -0.3 is 0 Å². The van der Waals surface area contributed by atoms with Crippen LogP contribution in [0.5, 0.6) is 0 Å². The number of benzene rings is 2. The van der Waals surface area contributed by atoms with Crippen molar-refractivity contribution in [3.05, 3.63) is 72.5 Å². The van der Waals surface area contributed by atoms with Gasteiger partial charge in [0.1, 0.15) is 5.82 Å². The molecule has 0 atom stereocenters. The zero-order valence-electron chi connectivity index (χ0n) is 9.64. The summed E-state index contributed by atoms with van der Waals surface area (Å²) in [5, 5.41) is 0. The molecule has 0 saturated carbocycles. The average Bonchev–Trinajstić information content (AvgIpc) is 2.90. The molecule has 0 bridgehead atoms. The summed E-state index contributed by atoms with van der Waals surface area (Å²) >= 11 is 1.72. The number of rotatable bonds is 2. The molecule has 0 N–H and O–H groups in total. The molecule has 0 saturated heterocycles. The quantitative estimate of drug-likeness (QED) is 0.588. The first-order valence-corrected chi connectivity index (χ1v) is 6.56. The first kappa shape index (κ1) is 11.2. The molecular formula is C16H11FS. The highest BCUT2D eigenvalue weighted by Gasteiger charge is 2.04. The molecule has 3 rings (SSSR count). The van der Waals surface area contributed by atoms with Gasteiger partial charge in [-0.1, -0.05) is 42.5 Å². The maximum atomic E-state index is 12.9. The van der Waals surface area contributed by atoms with Crippen LogP contribution in [0.25, 0.3) is 20.9 Å². The summed E-state index contributed by atoms with van der Waals surface area (Å²) < 4.78 is 12.9. The predicted molar refractivity (Wildman–Crippen MR) is 75.1 cm³/mol. The summed E-state index contributed by atoms with van der Waals surface area (Å²) in [6.07, 6.45) is 0. The van der Waals surface area contributed by atoms with Crippen molar-refractivity contribution in [2.45, 2.75) is 0 Å². The molecule has 0 radical (unpaired) electrons. The van der Waals surface area contributed by atoms with Crippen molar-refractivity contribution in [2.75, 3.05) is 0 Å². The Morgan fingerprint density at radius 2 is 1.17 bits per heavy atom. The molecule has 0 unspecified atom stereocenters. The van der Waals surface area contributed by atoms with E-state index in [1.54, 1.807) is 11.3 Å². The van der Waals surface area contributed by atoms with Gasteiger partial charge in [-0.05, 0) is 35.4 Å². The van der Waals surface area contributed by atoms with Crippen molar-refractivity contribution in [3.63, 3.8) is 0 Å². The molecule has 2 aromatic carbocycles. The highest BCUT2D eigenvalue weighted by atomic mass is 32.1. The van der Waals surface area contributed by atoms with E-state index < -0.39 is 0 Å². The highest BCUT2D eigenvalue weighted by molar-refractivity contribution is 7.18. The van der Waals surface area contributed by atoms with Crippen LogP contribution in [-0.2, 0) is 0 Å². The lowest BCUT2D eigenvalue weighted by molar-refractivity contribution is 0.628. The van der Waals surface area contributed by atoms with Gasteiger partial charge >= 0.3 is 0 Å². The summed E-state index contributed by atoms with van der Waals surface area (Å²) in [5.74, 6) is -0.196. The van der Waals surface area contributed by atoms with Gasteiger partial charge in [0, 0.05) is 9.75 Å². The summed E-state index contributed by atoms with van der Waals surface area (Å²) in [4.78, 5) is 2.39. The van der Waals surface area contributed by atoms with Gasteiger partial charge in [0.25, 0.3) is 0 Å². The second kappa shape index (κ2) is 4.75. The molecule has 0 amide bonds. The third-order valence-electron chi connectivity index (χ3n) is 2.79. The Bertz CT molecular complexity index is 638. The maximum Gasteiger partial charge on any atom is 0.123 e. The second-order valence-electron chi connectivity index (χ2n) is 4.04. The van der Waals surface area contributed by atoms with Crippen LogP contribution >= 0.6 is 11.3 Å². The molecule has 2 heteroatoms. The van der Waals surface area contributed by atoms with Gasteiger partial charge in [-0.3, -0.25) is 0 Å². The Hall–Kier alpha value is -1.93. The normalized spacial score (nSPS) is 10.5. The van der Waals surface area contributed by atoms with E-state index in [0.717, 1.165) is 10.4 Å². The van der Waals surface area contributed by atoms with Gasteiger partial charge in [0.15, 0.2) is 0 Å². The predicted octanol–water partition coefficient (Wildman–Crippen LogP) is 5.22. The number of halogens is 1. The van der Waals surface area contributed by atoms with E-state index in [4.69, 9.17) is 0 Å². The molecule has 1 heterocycles. The van der Waals surface area contributed by atoms with Crippen LogP contribution in [0.1, 0.15) is 0 Å². The molecule has 0 aliphatic carbocycles. The van der Waals surface area contributed by atoms with Crippen molar-refractivity contribution in [3.8, 4) is 20.9 Å². The monoisotopic (exact) mass is 254 g/mol. The van der Waals surface area contributed by atoms with Crippen molar-refractivity contribution >= 4 is 11.3 Å². The Labute approximate surface area is 109 Å². The molecule has 18 heavy (non-hydrogen) atoms. The van der Waals surface area contributed by atoms with Gasteiger partial charge in [-0.15, -0.1) is 11.3 Å². The lowest BCUT2D eigenvalue weighted by atomic mass is 10.1. The topological polar surface area (TPSA) is 0 Å². The molecule has 0 aliphatic rings. The van der Waals surface area contributed by atoms with Crippen molar-refractivity contribution < 1.29 is 4.39 Å². The van der Waals surface area contributed by atoms with Gasteiger partial charge in [0.05, 0.1) is 0 Å². The number of hydrogen-bond acceptors (Lipinski definition) is 1. The SMILES string of the molecule is Fc1ccc(-c2ccc(-c3ccccc3)s2)cc1. The molecule has 0 aliphatic heterocycles. The zero-order chi connectivity index (χ0) is 12.4. The summed E-state index contributed by atoms with van der Waals surface area (Å²) in [6, 6.07) is 21.1. The summed E-state index contributed by atoms with van der Waals surface area (Å²) in [5.41, 5.74) is 2.28. The van der Waals surface area contributed by atoms with Gasteiger partial charge in [0.2, 0.25) is 0 Å². The first-order valence-electron chi connectivity index (χ1n) is 5.74. The van der Waals surface area contributed by atoms with Crippen molar-refractivity contribution in [1.29, 1.82) is 0 Å². The molecule has 88 valence electrons. The smallest absolute Gasteiger partial charge is 0.123 e. The Morgan fingerprint density at radius 1 is 0.611 bits per heavy atom. The fraction of sp³-hybridized carbons (Fsp3) is 0. The fourth-order valence-corrected chi connectivity index (χ4v) is 2.88. The Morgan fingerprint density at radius 3 is 1.78 bits per heavy atom. The lowest BCUT2D eigenvalue weighted by Crippen LogP contribution is -1.73. The number of hydrogen-bond donors (Lipinski definition) is 0. The standard InChI is InChI=1S/C16H11FS/c17-14-8-6-13(7-9-14)16-11-10-15(18-16)12-4-2-1-3-5-12/h1-11H. The summed E-state index contributed by atoms with van der Waals surface area (Å²) in [7, 11) is 0. The Balaban J connectivity index is 1.97. The van der Waals surface area contributed by atoms with E-state index in [9.17, 15) is 4.39 Å². The third kappa shape index (κ3) is 2.20. The molecule has 0 fully saturated rings. The molecule has 1 aromatic heterocycles. The van der Waals surface area contributed by atoms with E-state index in [-0.39, 0.29) is 5.82 Å². The van der Waals surface area contributed by atoms with Crippen LogP contribution in [0.2, 0.25) is 0 Å².